The van der Waals surface area contributed by atoms with E-state index in [0.717, 1.165) is 31.7 Å². The molecular formula is C30H20Br2N2. The van der Waals surface area contributed by atoms with Gasteiger partial charge in [0, 0.05) is 42.5 Å². The van der Waals surface area contributed by atoms with Gasteiger partial charge in [-0.1, -0.05) is 68.3 Å². The van der Waals surface area contributed by atoms with Gasteiger partial charge in [-0.2, -0.15) is 0 Å². The van der Waals surface area contributed by atoms with E-state index in [1.165, 1.54) is 21.8 Å². The molecule has 0 bridgehead atoms. The van der Waals surface area contributed by atoms with Gasteiger partial charge in [0.15, 0.2) is 0 Å². The molecule has 0 N–H and O–H groups in total. The summed E-state index contributed by atoms with van der Waals surface area (Å²) in [5.74, 6) is 0. The lowest BCUT2D eigenvalue weighted by atomic mass is 10.2. The molecule has 0 saturated carbocycles. The average molecular weight is 568 g/mol. The van der Waals surface area contributed by atoms with Crippen LogP contribution in [0, 0.1) is 0 Å². The molecule has 0 aliphatic rings. The molecule has 6 aromatic rings. The molecule has 0 atom stereocenters. The van der Waals surface area contributed by atoms with E-state index < -0.39 is 0 Å². The molecule has 0 spiro atoms. The third-order valence-corrected chi connectivity index (χ3v) is 7.17. The SMILES string of the molecule is Brc1ccc(N(c2ccc(Br)cc2)c2ccc(-n3c4ccccc4c4ccccc43)cc2)cc1. The first-order valence-electron chi connectivity index (χ1n) is 11.1. The summed E-state index contributed by atoms with van der Waals surface area (Å²) in [6, 6.07) is 42.9. The Morgan fingerprint density at radius 2 is 0.824 bits per heavy atom. The highest BCUT2D eigenvalue weighted by atomic mass is 79.9. The minimum atomic E-state index is 1.06. The summed E-state index contributed by atoms with van der Waals surface area (Å²) in [6.07, 6.45) is 0. The molecule has 0 unspecified atom stereocenters. The Morgan fingerprint density at radius 3 is 1.26 bits per heavy atom. The maximum Gasteiger partial charge on any atom is 0.0541 e. The van der Waals surface area contributed by atoms with Crippen LogP contribution in [-0.2, 0) is 0 Å². The van der Waals surface area contributed by atoms with E-state index in [4.69, 9.17) is 0 Å². The quantitative estimate of drug-likeness (QED) is 0.206. The zero-order valence-electron chi connectivity index (χ0n) is 18.2. The van der Waals surface area contributed by atoms with E-state index in [-0.39, 0.29) is 0 Å². The normalized spacial score (nSPS) is 11.2. The number of hydrogen-bond donors (Lipinski definition) is 0. The molecule has 2 nitrogen and oxygen atoms in total. The van der Waals surface area contributed by atoms with Crippen LogP contribution in [0.3, 0.4) is 0 Å². The number of aromatic nitrogens is 1. The van der Waals surface area contributed by atoms with Crippen molar-refractivity contribution in [3.8, 4) is 5.69 Å². The third kappa shape index (κ3) is 3.73. The maximum absolute atomic E-state index is 3.56. The molecule has 4 heteroatoms. The number of anilines is 3. The van der Waals surface area contributed by atoms with E-state index in [9.17, 15) is 0 Å². The molecule has 6 rings (SSSR count). The van der Waals surface area contributed by atoms with Crippen LogP contribution in [0.5, 0.6) is 0 Å². The lowest BCUT2D eigenvalue weighted by molar-refractivity contribution is 1.17. The number of hydrogen-bond acceptors (Lipinski definition) is 1. The van der Waals surface area contributed by atoms with E-state index >= 15 is 0 Å². The summed E-state index contributed by atoms with van der Waals surface area (Å²) < 4.78 is 4.47. The number of benzene rings is 5. The molecule has 1 aromatic heterocycles. The fourth-order valence-electron chi connectivity index (χ4n) is 4.58. The molecule has 0 fully saturated rings. The Bertz CT molecular complexity index is 1500. The van der Waals surface area contributed by atoms with E-state index in [0.29, 0.717) is 0 Å². The molecular weight excluding hydrogens is 548 g/mol. The minimum absolute atomic E-state index is 1.06. The molecule has 0 amide bonds. The minimum Gasteiger partial charge on any atom is -0.311 e. The second kappa shape index (κ2) is 8.79. The summed E-state index contributed by atoms with van der Waals surface area (Å²) in [6.45, 7) is 0. The molecule has 0 saturated heterocycles. The van der Waals surface area contributed by atoms with Gasteiger partial charge in [-0.25, -0.2) is 0 Å². The van der Waals surface area contributed by atoms with Crippen LogP contribution in [0.2, 0.25) is 0 Å². The first-order chi connectivity index (χ1) is 16.7. The van der Waals surface area contributed by atoms with Crippen molar-refractivity contribution in [1.82, 2.24) is 4.57 Å². The van der Waals surface area contributed by atoms with Gasteiger partial charge in [-0.3, -0.25) is 0 Å². The van der Waals surface area contributed by atoms with Gasteiger partial charge in [0.25, 0.3) is 0 Å². The largest absolute Gasteiger partial charge is 0.311 e. The lowest BCUT2D eigenvalue weighted by Gasteiger charge is -2.26. The fraction of sp³-hybridized carbons (Fsp3) is 0. The van der Waals surface area contributed by atoms with Gasteiger partial charge in [0.2, 0.25) is 0 Å². The number of nitrogens with zero attached hydrogens (tertiary/aromatic N) is 2. The van der Waals surface area contributed by atoms with Crippen molar-refractivity contribution in [3.05, 3.63) is 130 Å². The molecule has 0 aliphatic heterocycles. The zero-order chi connectivity index (χ0) is 23.1. The van der Waals surface area contributed by atoms with Crippen molar-refractivity contribution >= 4 is 70.7 Å². The number of rotatable bonds is 4. The molecule has 1 heterocycles. The second-order valence-electron chi connectivity index (χ2n) is 8.17. The Kier molecular flexibility index (Phi) is 5.48. The Morgan fingerprint density at radius 1 is 0.441 bits per heavy atom. The molecule has 164 valence electrons. The van der Waals surface area contributed by atoms with E-state index in [2.05, 4.69) is 163 Å². The van der Waals surface area contributed by atoms with Crippen molar-refractivity contribution in [2.24, 2.45) is 0 Å². The lowest BCUT2D eigenvalue weighted by Crippen LogP contribution is -2.10. The molecule has 34 heavy (non-hydrogen) atoms. The van der Waals surface area contributed by atoms with Crippen molar-refractivity contribution in [2.75, 3.05) is 4.90 Å². The predicted molar refractivity (Wildman–Crippen MR) is 151 cm³/mol. The highest BCUT2D eigenvalue weighted by Gasteiger charge is 2.15. The van der Waals surface area contributed by atoms with Crippen molar-refractivity contribution in [2.45, 2.75) is 0 Å². The van der Waals surface area contributed by atoms with Gasteiger partial charge in [0.05, 0.1) is 11.0 Å². The fourth-order valence-corrected chi connectivity index (χ4v) is 5.11. The summed E-state index contributed by atoms with van der Waals surface area (Å²) >= 11 is 7.12. The average Bonchev–Trinajstić information content (AvgIpc) is 3.21. The van der Waals surface area contributed by atoms with Crippen molar-refractivity contribution in [3.63, 3.8) is 0 Å². The summed E-state index contributed by atoms with van der Waals surface area (Å²) in [5, 5.41) is 2.54. The van der Waals surface area contributed by atoms with Gasteiger partial charge in [-0.05, 0) is 84.9 Å². The first-order valence-corrected chi connectivity index (χ1v) is 12.7. The topological polar surface area (TPSA) is 8.17 Å². The van der Waals surface area contributed by atoms with Crippen molar-refractivity contribution < 1.29 is 0 Å². The summed E-state index contributed by atoms with van der Waals surface area (Å²) in [4.78, 5) is 2.27. The standard InChI is InChI=1S/C30H20Br2N2/c31-21-9-13-23(14-10-21)33(24-15-11-22(32)12-16-24)25-17-19-26(20-18-25)34-29-7-3-1-5-27(29)28-6-2-4-8-30(28)34/h1-20H. The van der Waals surface area contributed by atoms with Crippen LogP contribution in [0.15, 0.2) is 130 Å². The zero-order valence-corrected chi connectivity index (χ0v) is 21.4. The molecule has 0 aliphatic carbocycles. The maximum atomic E-state index is 3.56. The van der Waals surface area contributed by atoms with Crippen LogP contribution in [0.25, 0.3) is 27.5 Å². The Balaban J connectivity index is 1.49. The highest BCUT2D eigenvalue weighted by Crippen LogP contribution is 2.37. The monoisotopic (exact) mass is 566 g/mol. The van der Waals surface area contributed by atoms with E-state index in [1.54, 1.807) is 0 Å². The van der Waals surface area contributed by atoms with Gasteiger partial charge >= 0.3 is 0 Å². The molecule has 5 aromatic carbocycles. The van der Waals surface area contributed by atoms with Crippen LogP contribution in [0.1, 0.15) is 0 Å². The number of para-hydroxylation sites is 2. The van der Waals surface area contributed by atoms with Crippen LogP contribution < -0.4 is 4.90 Å². The van der Waals surface area contributed by atoms with Crippen molar-refractivity contribution in [1.29, 1.82) is 0 Å². The van der Waals surface area contributed by atoms with Gasteiger partial charge < -0.3 is 9.47 Å². The summed E-state index contributed by atoms with van der Waals surface area (Å²) in [5.41, 5.74) is 6.90. The Labute approximate surface area is 215 Å². The second-order valence-corrected chi connectivity index (χ2v) is 10.0. The van der Waals surface area contributed by atoms with Gasteiger partial charge in [-0.15, -0.1) is 0 Å². The van der Waals surface area contributed by atoms with E-state index in [1.807, 2.05) is 0 Å². The van der Waals surface area contributed by atoms with Crippen LogP contribution in [-0.4, -0.2) is 4.57 Å². The van der Waals surface area contributed by atoms with Crippen LogP contribution in [0.4, 0.5) is 17.1 Å². The summed E-state index contributed by atoms with van der Waals surface area (Å²) in [7, 11) is 0. The highest BCUT2D eigenvalue weighted by molar-refractivity contribution is 9.10. The smallest absolute Gasteiger partial charge is 0.0541 e. The third-order valence-electron chi connectivity index (χ3n) is 6.12. The van der Waals surface area contributed by atoms with Crippen LogP contribution >= 0.6 is 31.9 Å². The predicted octanol–water partition coefficient (Wildman–Crippen LogP) is 9.78. The first kappa shape index (κ1) is 21.2. The number of halogens is 2. The Hall–Kier alpha value is -3.34. The molecule has 0 radical (unpaired) electrons. The van der Waals surface area contributed by atoms with Gasteiger partial charge in [0.1, 0.15) is 0 Å². The number of fused-ring (bicyclic) bond motifs is 3.